The number of fused-ring (bicyclic) bond motifs is 1. The zero-order chi connectivity index (χ0) is 24.4. The van der Waals surface area contributed by atoms with Crippen molar-refractivity contribution in [2.45, 2.75) is 59.8 Å². The number of aromatic nitrogens is 3. The highest BCUT2D eigenvalue weighted by molar-refractivity contribution is 6.76. The first kappa shape index (κ1) is 25.0. The molecule has 0 spiro atoms. The van der Waals surface area contributed by atoms with Gasteiger partial charge in [-0.05, 0) is 18.2 Å². The molecular formula is C24H33FN4O3Si. The van der Waals surface area contributed by atoms with E-state index >= 15 is 0 Å². The second-order valence-corrected chi connectivity index (χ2v) is 16.1. The van der Waals surface area contributed by atoms with Gasteiger partial charge in [-0.25, -0.2) is 14.4 Å². The summed E-state index contributed by atoms with van der Waals surface area (Å²) < 4.78 is 21.7. The van der Waals surface area contributed by atoms with Gasteiger partial charge >= 0.3 is 0 Å². The van der Waals surface area contributed by atoms with E-state index in [4.69, 9.17) is 9.84 Å². The molecule has 0 bridgehead atoms. The fraction of sp³-hybridized carbons (Fsp3) is 0.458. The molecule has 0 aliphatic heterocycles. The normalized spacial score (nSPS) is 12.4. The van der Waals surface area contributed by atoms with Gasteiger partial charge < -0.3 is 19.7 Å². The number of rotatable bonds is 9. The maximum absolute atomic E-state index is 14.0. The Morgan fingerprint density at radius 1 is 1.27 bits per heavy atom. The van der Waals surface area contributed by atoms with Crippen molar-refractivity contribution in [2.75, 3.05) is 11.9 Å². The van der Waals surface area contributed by atoms with E-state index in [1.54, 1.807) is 18.5 Å². The van der Waals surface area contributed by atoms with E-state index in [1.165, 1.54) is 12.1 Å². The maximum Gasteiger partial charge on any atom is 0.171 e. The van der Waals surface area contributed by atoms with Gasteiger partial charge in [0.25, 0.3) is 0 Å². The predicted octanol–water partition coefficient (Wildman–Crippen LogP) is 5.35. The number of aliphatic hydroxyl groups is 1. The van der Waals surface area contributed by atoms with Crippen LogP contribution < -0.4 is 5.32 Å². The highest BCUT2D eigenvalue weighted by atomic mass is 28.3. The first-order valence-corrected chi connectivity index (χ1v) is 14.7. The molecule has 3 rings (SSSR count). The molecule has 2 N–H and O–H groups in total. The van der Waals surface area contributed by atoms with Gasteiger partial charge in [0.1, 0.15) is 23.9 Å². The van der Waals surface area contributed by atoms with Crippen molar-refractivity contribution in [3.63, 3.8) is 0 Å². The van der Waals surface area contributed by atoms with Crippen LogP contribution in [0.25, 0.3) is 11.2 Å². The van der Waals surface area contributed by atoms with Gasteiger partial charge in [0.2, 0.25) is 0 Å². The lowest BCUT2D eigenvalue weighted by atomic mass is 9.87. The summed E-state index contributed by atoms with van der Waals surface area (Å²) in [7, 11) is -1.21. The lowest BCUT2D eigenvalue weighted by Crippen LogP contribution is -2.22. The van der Waals surface area contributed by atoms with Crippen molar-refractivity contribution in [3.05, 3.63) is 47.5 Å². The van der Waals surface area contributed by atoms with Crippen LogP contribution in [0.3, 0.4) is 0 Å². The van der Waals surface area contributed by atoms with Crippen molar-refractivity contribution < 1.29 is 19.0 Å². The van der Waals surface area contributed by atoms with E-state index in [-0.39, 0.29) is 24.7 Å². The number of hydrogen-bond acceptors (Lipinski definition) is 6. The van der Waals surface area contributed by atoms with E-state index in [1.807, 2.05) is 25.3 Å². The van der Waals surface area contributed by atoms with Gasteiger partial charge in [0, 0.05) is 37.5 Å². The van der Waals surface area contributed by atoms with Crippen LogP contribution in [0, 0.1) is 11.2 Å². The van der Waals surface area contributed by atoms with E-state index in [0.29, 0.717) is 34.8 Å². The molecule has 0 atom stereocenters. The molecule has 178 valence electrons. The molecule has 1 aromatic carbocycles. The molecule has 0 saturated carbocycles. The van der Waals surface area contributed by atoms with E-state index in [2.05, 4.69) is 34.9 Å². The van der Waals surface area contributed by atoms with Crippen LogP contribution in [0.4, 0.5) is 15.9 Å². The van der Waals surface area contributed by atoms with Gasteiger partial charge in [-0.2, -0.15) is 0 Å². The Bertz CT molecular complexity index is 1150. The Morgan fingerprint density at radius 2 is 2.00 bits per heavy atom. The van der Waals surface area contributed by atoms with Gasteiger partial charge in [-0.1, -0.05) is 46.5 Å². The van der Waals surface area contributed by atoms with Crippen LogP contribution in [0.5, 0.6) is 0 Å². The number of carbonyl (C=O) groups is 1. The predicted molar refractivity (Wildman–Crippen MR) is 131 cm³/mol. The summed E-state index contributed by atoms with van der Waals surface area (Å²) in [6, 6.07) is 5.49. The Balaban J connectivity index is 1.93. The van der Waals surface area contributed by atoms with Gasteiger partial charge in [0.05, 0.1) is 18.4 Å². The molecule has 0 aliphatic rings. The summed E-state index contributed by atoms with van der Waals surface area (Å²) in [6.45, 7) is 13.1. The largest absolute Gasteiger partial charge is 0.392 e. The monoisotopic (exact) mass is 472 g/mol. The molecule has 2 heterocycles. The van der Waals surface area contributed by atoms with Crippen molar-refractivity contribution in [1.29, 1.82) is 0 Å². The topological polar surface area (TPSA) is 89.3 Å². The van der Waals surface area contributed by atoms with Crippen molar-refractivity contribution >= 4 is 36.5 Å². The molecule has 0 amide bonds. The number of carbonyl (C=O) groups excluding carboxylic acids is 1. The summed E-state index contributed by atoms with van der Waals surface area (Å²) in [4.78, 5) is 22.3. The molecule has 0 radical (unpaired) electrons. The number of aliphatic hydroxyl groups excluding tert-OH is 1. The minimum absolute atomic E-state index is 0.0434. The van der Waals surface area contributed by atoms with Crippen LogP contribution >= 0.6 is 0 Å². The lowest BCUT2D eigenvalue weighted by Gasteiger charge is -2.16. The molecule has 9 heteroatoms. The number of Topliss-reactive ketones (excluding diaryl/α,β-unsaturated/α-hetero) is 1. The second-order valence-electron chi connectivity index (χ2n) is 10.5. The van der Waals surface area contributed by atoms with E-state index < -0.39 is 19.3 Å². The molecule has 0 fully saturated rings. The Hall–Kier alpha value is -2.62. The van der Waals surface area contributed by atoms with Gasteiger partial charge in [-0.3, -0.25) is 4.79 Å². The average molecular weight is 473 g/mol. The minimum atomic E-state index is -1.21. The number of nitrogens with one attached hydrogen (secondary N) is 1. The number of hydrogen-bond donors (Lipinski definition) is 2. The maximum atomic E-state index is 14.0. The zero-order valence-corrected chi connectivity index (χ0v) is 21.2. The third-order valence-corrected chi connectivity index (χ3v) is 6.92. The minimum Gasteiger partial charge on any atom is -0.392 e. The average Bonchev–Trinajstić information content (AvgIpc) is 3.07. The fourth-order valence-corrected chi connectivity index (χ4v) is 3.98. The summed E-state index contributed by atoms with van der Waals surface area (Å²) in [5.74, 6) is -0.168. The number of ketones is 1. The highest BCUT2D eigenvalue weighted by Crippen LogP contribution is 2.28. The van der Waals surface area contributed by atoms with Crippen molar-refractivity contribution in [1.82, 2.24) is 14.5 Å². The summed E-state index contributed by atoms with van der Waals surface area (Å²) in [6.07, 6.45) is 3.30. The van der Waals surface area contributed by atoms with Crippen LogP contribution in [0.1, 0.15) is 36.7 Å². The van der Waals surface area contributed by atoms with Gasteiger partial charge in [-0.15, -0.1) is 0 Å². The summed E-state index contributed by atoms with van der Waals surface area (Å²) in [5.41, 5.74) is 1.60. The quantitative estimate of drug-likeness (QED) is 0.248. The summed E-state index contributed by atoms with van der Waals surface area (Å²) in [5, 5.41) is 12.2. The lowest BCUT2D eigenvalue weighted by molar-refractivity contribution is 0.0849. The van der Waals surface area contributed by atoms with Crippen LogP contribution in [0.2, 0.25) is 25.7 Å². The third kappa shape index (κ3) is 6.25. The standard InChI is InChI=1S/C24H33FN4O3Si/c1-24(2,3)22(31)18-13-29(15-32-9-10-33(4,5)6)23-21(18)28-20(12-26-23)27-17-8-7-16(14-30)19(25)11-17/h7-8,11-13,30H,9-10,14-15H2,1-6H3,(H,27,28). The molecular weight excluding hydrogens is 439 g/mol. The molecule has 3 aromatic rings. The summed E-state index contributed by atoms with van der Waals surface area (Å²) >= 11 is 0. The molecule has 0 saturated heterocycles. The van der Waals surface area contributed by atoms with Crippen LogP contribution in [0.15, 0.2) is 30.6 Å². The number of ether oxygens (including phenoxy) is 1. The molecule has 7 nitrogen and oxygen atoms in total. The van der Waals surface area contributed by atoms with Crippen molar-refractivity contribution in [3.8, 4) is 0 Å². The highest BCUT2D eigenvalue weighted by Gasteiger charge is 2.28. The fourth-order valence-electron chi connectivity index (χ4n) is 3.22. The first-order valence-electron chi connectivity index (χ1n) is 11.0. The first-order chi connectivity index (χ1) is 15.4. The number of halogens is 1. The molecule has 0 aliphatic carbocycles. The smallest absolute Gasteiger partial charge is 0.171 e. The van der Waals surface area contributed by atoms with Gasteiger partial charge in [0.15, 0.2) is 11.4 Å². The van der Waals surface area contributed by atoms with Crippen molar-refractivity contribution in [2.24, 2.45) is 5.41 Å². The molecule has 2 aromatic heterocycles. The Labute approximate surface area is 195 Å². The van der Waals surface area contributed by atoms with Crippen LogP contribution in [-0.4, -0.2) is 40.1 Å². The van der Waals surface area contributed by atoms with E-state index in [9.17, 15) is 9.18 Å². The molecule has 0 unspecified atom stereocenters. The Morgan fingerprint density at radius 3 is 2.61 bits per heavy atom. The number of anilines is 2. The number of nitrogens with zero attached hydrogens (tertiary/aromatic N) is 3. The SMILES string of the molecule is CC(C)(C)C(=O)c1cn(COCC[Si](C)(C)C)c2ncc(Nc3ccc(CO)c(F)c3)nc12. The van der Waals surface area contributed by atoms with Crippen LogP contribution in [-0.2, 0) is 18.1 Å². The third-order valence-electron chi connectivity index (χ3n) is 5.21. The van der Waals surface area contributed by atoms with E-state index in [0.717, 1.165) is 6.04 Å². The Kier molecular flexibility index (Phi) is 7.35. The second kappa shape index (κ2) is 9.70. The number of benzene rings is 1. The molecule has 33 heavy (non-hydrogen) atoms. The zero-order valence-electron chi connectivity index (χ0n) is 20.2.